The van der Waals surface area contributed by atoms with Gasteiger partial charge in [0.15, 0.2) is 11.5 Å². The van der Waals surface area contributed by atoms with Crippen LogP contribution in [0.15, 0.2) is 12.3 Å². The molecule has 0 radical (unpaired) electrons. The summed E-state index contributed by atoms with van der Waals surface area (Å²) in [7, 11) is 1.72. The smallest absolute Gasteiger partial charge is 0.270 e. The second kappa shape index (κ2) is 7.64. The van der Waals surface area contributed by atoms with E-state index in [9.17, 15) is 4.79 Å². The molecule has 1 fully saturated rings. The average Bonchev–Trinajstić information content (AvgIpc) is 2.62. The molecule has 1 aromatic heterocycles. The Bertz CT molecular complexity index is 543. The van der Waals surface area contributed by atoms with Crippen LogP contribution in [0.3, 0.4) is 0 Å². The molecule has 1 unspecified atom stereocenters. The van der Waals surface area contributed by atoms with Gasteiger partial charge in [0.2, 0.25) is 0 Å². The van der Waals surface area contributed by atoms with Crippen molar-refractivity contribution in [3.8, 4) is 11.5 Å². The van der Waals surface area contributed by atoms with Crippen molar-refractivity contribution in [1.82, 2.24) is 10.3 Å². The summed E-state index contributed by atoms with van der Waals surface area (Å²) in [5.74, 6) is 1.49. The monoisotopic (exact) mass is 320 g/mol. The van der Waals surface area contributed by atoms with E-state index in [1.807, 2.05) is 0 Å². The maximum atomic E-state index is 12.3. The first kappa shape index (κ1) is 16.1. The molecule has 6 nitrogen and oxygen atoms in total. The first-order chi connectivity index (χ1) is 11.3. The molecule has 1 N–H and O–H groups in total. The molecule has 0 bridgehead atoms. The molecule has 6 heteroatoms. The van der Waals surface area contributed by atoms with Crippen molar-refractivity contribution in [2.45, 2.75) is 38.2 Å². The van der Waals surface area contributed by atoms with Crippen LogP contribution in [0, 0.1) is 5.92 Å². The van der Waals surface area contributed by atoms with Gasteiger partial charge in [-0.25, -0.2) is 4.98 Å². The zero-order chi connectivity index (χ0) is 16.1. The van der Waals surface area contributed by atoms with Crippen LogP contribution in [0.25, 0.3) is 0 Å². The quantitative estimate of drug-likeness (QED) is 0.900. The zero-order valence-corrected chi connectivity index (χ0v) is 13.5. The fourth-order valence-corrected chi connectivity index (χ4v) is 3.31. The van der Waals surface area contributed by atoms with Gasteiger partial charge in [0.25, 0.3) is 5.91 Å². The zero-order valence-electron chi connectivity index (χ0n) is 13.5. The largest absolute Gasteiger partial charge is 0.486 e. The number of carbonyl (C=O) groups excluding carboxylic acids is 1. The highest BCUT2D eigenvalue weighted by Crippen LogP contribution is 2.29. The van der Waals surface area contributed by atoms with Gasteiger partial charge in [0, 0.05) is 19.7 Å². The van der Waals surface area contributed by atoms with Crippen LogP contribution < -0.4 is 14.8 Å². The number of hydrogen-bond donors (Lipinski definition) is 1. The predicted octanol–water partition coefficient (Wildman–Crippen LogP) is 2.18. The third kappa shape index (κ3) is 3.93. The number of ether oxygens (including phenoxy) is 3. The highest BCUT2D eigenvalue weighted by molar-refractivity contribution is 5.92. The van der Waals surface area contributed by atoms with E-state index in [-0.39, 0.29) is 12.0 Å². The normalized spacial score (nSPS) is 19.2. The van der Waals surface area contributed by atoms with Gasteiger partial charge < -0.3 is 19.5 Å². The predicted molar refractivity (Wildman–Crippen MR) is 84.9 cm³/mol. The number of aromatic nitrogens is 1. The molecular weight excluding hydrogens is 296 g/mol. The molecule has 0 aromatic carbocycles. The molecule has 126 valence electrons. The number of hydrogen-bond acceptors (Lipinski definition) is 5. The lowest BCUT2D eigenvalue weighted by molar-refractivity contribution is 0.0358. The van der Waals surface area contributed by atoms with Gasteiger partial charge in [-0.1, -0.05) is 19.3 Å². The van der Waals surface area contributed by atoms with Gasteiger partial charge in [0.1, 0.15) is 18.9 Å². The summed E-state index contributed by atoms with van der Waals surface area (Å²) in [4.78, 5) is 16.5. The molecule has 2 heterocycles. The van der Waals surface area contributed by atoms with Crippen LogP contribution in [0.1, 0.15) is 42.6 Å². The third-order valence-corrected chi connectivity index (χ3v) is 4.60. The molecule has 1 aliphatic heterocycles. The Balaban J connectivity index is 1.57. The maximum absolute atomic E-state index is 12.3. The molecule has 1 atom stereocenters. The number of nitrogens with zero attached hydrogens (tertiary/aromatic N) is 1. The molecular formula is C17H24N2O4. The lowest BCUT2D eigenvalue weighted by atomic mass is 9.85. The van der Waals surface area contributed by atoms with Crippen molar-refractivity contribution in [1.29, 1.82) is 0 Å². The van der Waals surface area contributed by atoms with Gasteiger partial charge in [0.05, 0.1) is 12.3 Å². The van der Waals surface area contributed by atoms with Crippen molar-refractivity contribution in [2.24, 2.45) is 5.92 Å². The Hall–Kier alpha value is -1.82. The number of nitrogens with one attached hydrogen (secondary N) is 1. The Kier molecular flexibility index (Phi) is 5.33. The van der Waals surface area contributed by atoms with Gasteiger partial charge in [-0.2, -0.15) is 0 Å². The fraction of sp³-hybridized carbons (Fsp3) is 0.647. The van der Waals surface area contributed by atoms with E-state index in [4.69, 9.17) is 14.2 Å². The van der Waals surface area contributed by atoms with Crippen molar-refractivity contribution in [2.75, 3.05) is 26.9 Å². The SMILES string of the molecule is COC(CNC(=O)c1cc2c(cn1)OCCO2)C1CCCCC1. The minimum absolute atomic E-state index is 0.0662. The van der Waals surface area contributed by atoms with Crippen molar-refractivity contribution < 1.29 is 19.0 Å². The van der Waals surface area contributed by atoms with E-state index < -0.39 is 0 Å². The standard InChI is InChI=1S/C17H24N2O4/c1-21-15(12-5-3-2-4-6-12)10-19-17(20)13-9-14-16(11-18-13)23-8-7-22-14/h9,11-12,15H,2-8,10H2,1H3,(H,19,20). The van der Waals surface area contributed by atoms with Crippen LogP contribution in [0.4, 0.5) is 0 Å². The molecule has 3 rings (SSSR count). The van der Waals surface area contributed by atoms with Crippen LogP contribution in [0.2, 0.25) is 0 Å². The molecule has 1 amide bonds. The summed E-state index contributed by atoms with van der Waals surface area (Å²) < 4.78 is 16.5. The van der Waals surface area contributed by atoms with Crippen molar-refractivity contribution in [3.63, 3.8) is 0 Å². The van der Waals surface area contributed by atoms with Crippen LogP contribution in [0.5, 0.6) is 11.5 Å². The Labute approximate surface area is 136 Å². The first-order valence-corrected chi connectivity index (χ1v) is 8.34. The summed E-state index contributed by atoms with van der Waals surface area (Å²) >= 11 is 0. The summed E-state index contributed by atoms with van der Waals surface area (Å²) in [6, 6.07) is 1.63. The number of pyridine rings is 1. The summed E-state index contributed by atoms with van der Waals surface area (Å²) in [5.41, 5.74) is 0.341. The number of fused-ring (bicyclic) bond motifs is 1. The van der Waals surface area contributed by atoms with Gasteiger partial charge in [-0.15, -0.1) is 0 Å². The van der Waals surface area contributed by atoms with Gasteiger partial charge in [-0.05, 0) is 18.8 Å². The third-order valence-electron chi connectivity index (χ3n) is 4.60. The van der Waals surface area contributed by atoms with E-state index in [1.54, 1.807) is 19.4 Å². The highest BCUT2D eigenvalue weighted by Gasteiger charge is 2.24. The number of carbonyl (C=O) groups is 1. The van der Waals surface area contributed by atoms with Gasteiger partial charge in [-0.3, -0.25) is 4.79 Å². The second-order valence-electron chi connectivity index (χ2n) is 6.10. The minimum atomic E-state index is -0.208. The van der Waals surface area contributed by atoms with E-state index in [2.05, 4.69) is 10.3 Å². The van der Waals surface area contributed by atoms with Gasteiger partial charge >= 0.3 is 0 Å². The number of methoxy groups -OCH3 is 1. The highest BCUT2D eigenvalue weighted by atomic mass is 16.6. The molecule has 23 heavy (non-hydrogen) atoms. The summed E-state index contributed by atoms with van der Waals surface area (Å²) in [5, 5.41) is 2.93. The lowest BCUT2D eigenvalue weighted by Gasteiger charge is -2.29. The fourth-order valence-electron chi connectivity index (χ4n) is 3.31. The van der Waals surface area contributed by atoms with Crippen LogP contribution in [-0.4, -0.2) is 43.9 Å². The Morgan fingerprint density at radius 1 is 1.30 bits per heavy atom. The van der Waals surface area contributed by atoms with Crippen LogP contribution >= 0.6 is 0 Å². The molecule has 1 aromatic rings. The number of rotatable bonds is 5. The second-order valence-corrected chi connectivity index (χ2v) is 6.10. The Morgan fingerprint density at radius 2 is 2.04 bits per heavy atom. The average molecular weight is 320 g/mol. The lowest BCUT2D eigenvalue weighted by Crippen LogP contribution is -2.38. The molecule has 0 saturated heterocycles. The van der Waals surface area contributed by atoms with E-state index in [1.165, 1.54) is 32.1 Å². The summed E-state index contributed by atoms with van der Waals surface area (Å²) in [6.45, 7) is 1.51. The van der Waals surface area contributed by atoms with Crippen molar-refractivity contribution in [3.05, 3.63) is 18.0 Å². The van der Waals surface area contributed by atoms with Crippen molar-refractivity contribution >= 4 is 5.91 Å². The topological polar surface area (TPSA) is 69.7 Å². The van der Waals surface area contributed by atoms with Crippen LogP contribution in [-0.2, 0) is 4.74 Å². The van der Waals surface area contributed by atoms with E-state index in [0.29, 0.717) is 42.9 Å². The van der Waals surface area contributed by atoms with E-state index in [0.717, 1.165) is 0 Å². The molecule has 1 aliphatic carbocycles. The molecule has 0 spiro atoms. The molecule has 2 aliphatic rings. The first-order valence-electron chi connectivity index (χ1n) is 8.34. The Morgan fingerprint density at radius 3 is 2.78 bits per heavy atom. The van der Waals surface area contributed by atoms with E-state index >= 15 is 0 Å². The maximum Gasteiger partial charge on any atom is 0.270 e. The molecule has 1 saturated carbocycles. The summed E-state index contributed by atoms with van der Waals surface area (Å²) in [6.07, 6.45) is 7.77. The number of amides is 1. The minimum Gasteiger partial charge on any atom is -0.486 e.